The quantitative estimate of drug-likeness (QED) is 0.735. The first-order valence-electron chi connectivity index (χ1n) is 10.2. The fourth-order valence-corrected chi connectivity index (χ4v) is 5.32. The number of aryl methyl sites for hydroxylation is 2. The van der Waals surface area contributed by atoms with E-state index in [1.165, 1.54) is 19.3 Å². The summed E-state index contributed by atoms with van der Waals surface area (Å²) in [5.41, 5.74) is 3.36. The summed E-state index contributed by atoms with van der Waals surface area (Å²) in [6.45, 7) is 2.23. The van der Waals surface area contributed by atoms with Crippen molar-refractivity contribution >= 4 is 22.8 Å². The predicted octanol–water partition coefficient (Wildman–Crippen LogP) is 3.27. The van der Waals surface area contributed by atoms with E-state index in [0.717, 1.165) is 34.9 Å². The monoisotopic (exact) mass is 393 g/mol. The number of ether oxygens (including phenoxy) is 2. The van der Waals surface area contributed by atoms with Crippen LogP contribution in [0.3, 0.4) is 0 Å². The first-order valence-corrected chi connectivity index (χ1v) is 10.2. The Balaban J connectivity index is 1.42. The van der Waals surface area contributed by atoms with Gasteiger partial charge >= 0.3 is 5.69 Å². The highest BCUT2D eigenvalue weighted by molar-refractivity contribution is 5.74. The van der Waals surface area contributed by atoms with E-state index >= 15 is 0 Å². The fraction of sp³-hybridized carbons (Fsp3) is 0.476. The molecular formula is C21H23N5O3. The van der Waals surface area contributed by atoms with Crippen LogP contribution in [0.15, 0.2) is 23.1 Å². The molecule has 3 atom stereocenters. The van der Waals surface area contributed by atoms with Gasteiger partial charge < -0.3 is 14.8 Å². The van der Waals surface area contributed by atoms with Gasteiger partial charge in [-0.25, -0.2) is 9.78 Å². The molecule has 2 saturated carbocycles. The van der Waals surface area contributed by atoms with Crippen LogP contribution in [0.1, 0.15) is 37.3 Å². The highest BCUT2D eigenvalue weighted by Gasteiger charge is 2.42. The lowest BCUT2D eigenvalue weighted by Gasteiger charge is -2.22. The van der Waals surface area contributed by atoms with Crippen molar-refractivity contribution in [2.45, 2.75) is 38.6 Å². The number of nitrogens with one attached hydrogen (secondary N) is 1. The van der Waals surface area contributed by atoms with Crippen molar-refractivity contribution < 1.29 is 9.47 Å². The Morgan fingerprint density at radius 3 is 2.76 bits per heavy atom. The number of imidazole rings is 1. The largest absolute Gasteiger partial charge is 0.454 e. The van der Waals surface area contributed by atoms with Gasteiger partial charge in [0.1, 0.15) is 5.52 Å². The zero-order valence-electron chi connectivity index (χ0n) is 16.5. The van der Waals surface area contributed by atoms with Gasteiger partial charge in [0.15, 0.2) is 17.1 Å². The summed E-state index contributed by atoms with van der Waals surface area (Å²) in [6.07, 6.45) is 6.56. The van der Waals surface area contributed by atoms with Crippen molar-refractivity contribution in [3.05, 3.63) is 34.4 Å². The first-order chi connectivity index (χ1) is 14.1. The number of hydrogen-bond donors (Lipinski definition) is 1. The lowest BCUT2D eigenvalue weighted by Crippen LogP contribution is -2.29. The van der Waals surface area contributed by atoms with Crippen LogP contribution in [0.5, 0.6) is 11.5 Å². The molecule has 0 spiro atoms. The molecule has 1 aliphatic heterocycles. The fourth-order valence-electron chi connectivity index (χ4n) is 5.32. The van der Waals surface area contributed by atoms with Crippen molar-refractivity contribution in [2.75, 3.05) is 12.1 Å². The van der Waals surface area contributed by atoms with Crippen molar-refractivity contribution in [2.24, 2.45) is 18.9 Å². The van der Waals surface area contributed by atoms with Crippen LogP contribution in [0.4, 0.5) is 11.6 Å². The van der Waals surface area contributed by atoms with Gasteiger partial charge in [-0.3, -0.25) is 9.13 Å². The summed E-state index contributed by atoms with van der Waals surface area (Å²) < 4.78 is 14.5. The van der Waals surface area contributed by atoms with Crippen LogP contribution in [-0.4, -0.2) is 25.9 Å². The average molecular weight is 393 g/mol. The van der Waals surface area contributed by atoms with E-state index in [9.17, 15) is 4.79 Å². The van der Waals surface area contributed by atoms with Crippen LogP contribution < -0.4 is 20.5 Å². The molecule has 150 valence electrons. The Morgan fingerprint density at radius 1 is 1.17 bits per heavy atom. The number of rotatable bonds is 3. The van der Waals surface area contributed by atoms with E-state index < -0.39 is 0 Å². The second-order valence-corrected chi connectivity index (χ2v) is 8.50. The summed E-state index contributed by atoms with van der Waals surface area (Å²) in [7, 11) is 1.80. The number of hydrogen-bond acceptors (Lipinski definition) is 6. The van der Waals surface area contributed by atoms with Gasteiger partial charge in [-0.2, -0.15) is 4.98 Å². The number of aromatic nitrogens is 4. The van der Waals surface area contributed by atoms with E-state index in [0.29, 0.717) is 23.3 Å². The summed E-state index contributed by atoms with van der Waals surface area (Å²) >= 11 is 0. The Hall–Kier alpha value is -3.03. The Bertz CT molecular complexity index is 1200. The van der Waals surface area contributed by atoms with Gasteiger partial charge in [-0.05, 0) is 49.7 Å². The van der Waals surface area contributed by atoms with Gasteiger partial charge in [-0.1, -0.05) is 6.42 Å². The standard InChI is InChI=1S/C21H23N5O3/c1-11-5-17-18(29-10-28-17)8-14(11)23-20-22-9-16-19(24-20)26(21(27)25(16)2)15-7-12-3-4-13(15)6-12/h5,8-9,12-13,15H,3-4,6-7,10H2,1-2H3,(H,22,23,24)/t12-,13+,15+/m1/s1. The van der Waals surface area contributed by atoms with E-state index in [-0.39, 0.29) is 18.5 Å². The molecule has 1 N–H and O–H groups in total. The van der Waals surface area contributed by atoms with Gasteiger partial charge in [-0.15, -0.1) is 0 Å². The highest BCUT2D eigenvalue weighted by atomic mass is 16.7. The maximum atomic E-state index is 13.0. The van der Waals surface area contributed by atoms with Crippen molar-refractivity contribution in [1.82, 2.24) is 19.1 Å². The van der Waals surface area contributed by atoms with Crippen LogP contribution in [-0.2, 0) is 7.05 Å². The second kappa shape index (κ2) is 5.98. The maximum absolute atomic E-state index is 13.0. The molecule has 2 bridgehead atoms. The smallest absolute Gasteiger partial charge is 0.330 e. The van der Waals surface area contributed by atoms with Crippen LogP contribution in [0.2, 0.25) is 0 Å². The summed E-state index contributed by atoms with van der Waals surface area (Å²) in [4.78, 5) is 22.2. The molecule has 3 aromatic rings. The molecule has 3 heterocycles. The molecule has 29 heavy (non-hydrogen) atoms. The molecule has 0 amide bonds. The molecule has 1 aromatic carbocycles. The minimum Gasteiger partial charge on any atom is -0.454 e. The minimum absolute atomic E-state index is 0.00302. The van der Waals surface area contributed by atoms with Gasteiger partial charge in [0, 0.05) is 24.8 Å². The van der Waals surface area contributed by atoms with Gasteiger partial charge in [0.25, 0.3) is 0 Å². The maximum Gasteiger partial charge on any atom is 0.330 e. The zero-order chi connectivity index (χ0) is 19.7. The Kier molecular flexibility index (Phi) is 3.48. The van der Waals surface area contributed by atoms with E-state index in [2.05, 4.69) is 10.3 Å². The molecule has 2 aromatic heterocycles. The molecule has 2 aliphatic carbocycles. The Labute approximate surface area is 167 Å². The molecule has 0 saturated heterocycles. The zero-order valence-corrected chi connectivity index (χ0v) is 16.5. The number of nitrogens with zero attached hydrogens (tertiary/aromatic N) is 4. The molecule has 8 nitrogen and oxygen atoms in total. The van der Waals surface area contributed by atoms with E-state index in [4.69, 9.17) is 14.5 Å². The number of fused-ring (bicyclic) bond motifs is 4. The lowest BCUT2D eigenvalue weighted by molar-refractivity contribution is 0.174. The van der Waals surface area contributed by atoms with E-state index in [1.54, 1.807) is 17.8 Å². The summed E-state index contributed by atoms with van der Waals surface area (Å²) in [5, 5.41) is 3.29. The van der Waals surface area contributed by atoms with Gasteiger partial charge in [0.05, 0.1) is 6.20 Å². The molecule has 0 radical (unpaired) electrons. The number of benzene rings is 1. The second-order valence-electron chi connectivity index (χ2n) is 8.50. The molecule has 2 fully saturated rings. The van der Waals surface area contributed by atoms with Crippen molar-refractivity contribution in [3.63, 3.8) is 0 Å². The molecule has 8 heteroatoms. The van der Waals surface area contributed by atoms with Crippen molar-refractivity contribution in [1.29, 1.82) is 0 Å². The minimum atomic E-state index is 0.00302. The topological polar surface area (TPSA) is 83.2 Å². The molecule has 0 unspecified atom stereocenters. The normalized spacial score (nSPS) is 24.6. The molecule has 6 rings (SSSR count). The third kappa shape index (κ3) is 2.47. The van der Waals surface area contributed by atoms with E-state index in [1.807, 2.05) is 23.6 Å². The predicted molar refractivity (Wildman–Crippen MR) is 108 cm³/mol. The Morgan fingerprint density at radius 2 is 2.00 bits per heavy atom. The van der Waals surface area contributed by atoms with Crippen LogP contribution >= 0.6 is 0 Å². The average Bonchev–Trinajstić information content (AvgIpc) is 3.48. The third-order valence-electron chi connectivity index (χ3n) is 6.83. The van der Waals surface area contributed by atoms with Crippen LogP contribution in [0.25, 0.3) is 11.2 Å². The summed E-state index contributed by atoms with van der Waals surface area (Å²) in [6, 6.07) is 4.09. The molecule has 3 aliphatic rings. The van der Waals surface area contributed by atoms with Crippen LogP contribution in [0, 0.1) is 18.8 Å². The lowest BCUT2D eigenvalue weighted by atomic mass is 9.95. The SMILES string of the molecule is Cc1cc2c(cc1Nc1ncc3c(n1)n([C@H]1C[C@@H]4CC[C@H]1C4)c(=O)n3C)OCO2. The van der Waals surface area contributed by atoms with Gasteiger partial charge in [0.2, 0.25) is 12.7 Å². The first kappa shape index (κ1) is 16.9. The van der Waals surface area contributed by atoms with Crippen molar-refractivity contribution in [3.8, 4) is 11.5 Å². The highest BCUT2D eigenvalue weighted by Crippen LogP contribution is 2.50. The number of anilines is 2. The summed E-state index contributed by atoms with van der Waals surface area (Å²) in [5.74, 6) is 3.27. The third-order valence-corrected chi connectivity index (χ3v) is 6.83. The molecular weight excluding hydrogens is 370 g/mol.